The van der Waals surface area contributed by atoms with E-state index in [1.165, 1.54) is 0 Å². The zero-order valence-electron chi connectivity index (χ0n) is 5.92. The predicted octanol–water partition coefficient (Wildman–Crippen LogP) is 0.736. The van der Waals surface area contributed by atoms with Gasteiger partial charge < -0.3 is 5.11 Å². The van der Waals surface area contributed by atoms with Crippen molar-refractivity contribution >= 4 is 5.78 Å². The molecule has 1 atom stereocenters. The molecule has 2 bridgehead atoms. The van der Waals surface area contributed by atoms with Crippen LogP contribution in [0.3, 0.4) is 0 Å². The van der Waals surface area contributed by atoms with Gasteiger partial charge in [-0.3, -0.25) is 4.79 Å². The molecule has 10 heavy (non-hydrogen) atoms. The summed E-state index contributed by atoms with van der Waals surface area (Å²) in [6.45, 7) is 0. The SMILES string of the molecule is O=C1C2CCC(CC2)[C@@H]1O. The largest absolute Gasteiger partial charge is 0.385 e. The summed E-state index contributed by atoms with van der Waals surface area (Å²) in [5, 5.41) is 9.32. The van der Waals surface area contributed by atoms with Gasteiger partial charge >= 0.3 is 0 Å². The fraction of sp³-hybridized carbons (Fsp3) is 0.875. The minimum absolute atomic E-state index is 0.113. The summed E-state index contributed by atoms with van der Waals surface area (Å²) < 4.78 is 0. The molecule has 56 valence electrons. The first kappa shape index (κ1) is 6.35. The maximum Gasteiger partial charge on any atom is 0.164 e. The van der Waals surface area contributed by atoms with Crippen molar-refractivity contribution in [3.8, 4) is 0 Å². The van der Waals surface area contributed by atoms with Crippen LogP contribution in [0.2, 0.25) is 0 Å². The normalized spacial score (nSPS) is 46.1. The number of carbonyl (C=O) groups is 1. The molecule has 0 saturated heterocycles. The Morgan fingerprint density at radius 3 is 2.10 bits per heavy atom. The van der Waals surface area contributed by atoms with E-state index in [4.69, 9.17) is 0 Å². The van der Waals surface area contributed by atoms with Gasteiger partial charge in [-0.2, -0.15) is 0 Å². The van der Waals surface area contributed by atoms with Crippen molar-refractivity contribution in [2.24, 2.45) is 11.8 Å². The summed E-state index contributed by atoms with van der Waals surface area (Å²) in [7, 11) is 0. The molecule has 0 aromatic carbocycles. The van der Waals surface area contributed by atoms with E-state index >= 15 is 0 Å². The summed E-state index contributed by atoms with van der Waals surface area (Å²) >= 11 is 0. The van der Waals surface area contributed by atoms with E-state index in [0.717, 1.165) is 25.7 Å². The number of hydrogen-bond donors (Lipinski definition) is 1. The van der Waals surface area contributed by atoms with Gasteiger partial charge in [-0.15, -0.1) is 0 Å². The molecule has 0 aliphatic heterocycles. The molecule has 2 heteroatoms. The van der Waals surface area contributed by atoms with Crippen LogP contribution < -0.4 is 0 Å². The van der Waals surface area contributed by atoms with Crippen LogP contribution in [0.25, 0.3) is 0 Å². The quantitative estimate of drug-likeness (QED) is 0.538. The number of rotatable bonds is 0. The number of aliphatic hydroxyl groups excluding tert-OH is 1. The topological polar surface area (TPSA) is 37.3 Å². The fourth-order valence-electron chi connectivity index (χ4n) is 2.19. The van der Waals surface area contributed by atoms with Gasteiger partial charge in [0.25, 0.3) is 0 Å². The molecule has 0 unspecified atom stereocenters. The third-order valence-corrected chi connectivity index (χ3v) is 2.91. The van der Waals surface area contributed by atoms with Gasteiger partial charge in [0, 0.05) is 5.92 Å². The van der Waals surface area contributed by atoms with E-state index in [1.807, 2.05) is 0 Å². The number of hydrogen-bond acceptors (Lipinski definition) is 2. The number of fused-ring (bicyclic) bond motifs is 3. The van der Waals surface area contributed by atoms with Gasteiger partial charge in [-0.25, -0.2) is 0 Å². The Morgan fingerprint density at radius 1 is 1.20 bits per heavy atom. The minimum Gasteiger partial charge on any atom is -0.385 e. The molecule has 0 amide bonds. The maximum absolute atomic E-state index is 11.1. The van der Waals surface area contributed by atoms with Crippen LogP contribution in [0.4, 0.5) is 0 Å². The molecular formula is C8H12O2. The van der Waals surface area contributed by atoms with Gasteiger partial charge in [-0.1, -0.05) is 0 Å². The zero-order chi connectivity index (χ0) is 7.14. The highest BCUT2D eigenvalue weighted by Crippen LogP contribution is 2.38. The van der Waals surface area contributed by atoms with Crippen molar-refractivity contribution in [2.45, 2.75) is 31.8 Å². The van der Waals surface area contributed by atoms with Crippen molar-refractivity contribution in [1.82, 2.24) is 0 Å². The summed E-state index contributed by atoms with van der Waals surface area (Å²) in [5.74, 6) is 0.625. The van der Waals surface area contributed by atoms with E-state index in [1.54, 1.807) is 0 Å². The van der Waals surface area contributed by atoms with Crippen LogP contribution in [0.5, 0.6) is 0 Å². The second kappa shape index (κ2) is 2.06. The second-order valence-corrected chi connectivity index (χ2v) is 3.46. The number of ketones is 1. The van der Waals surface area contributed by atoms with Crippen molar-refractivity contribution in [1.29, 1.82) is 0 Å². The lowest BCUT2D eigenvalue weighted by Gasteiger charge is -2.38. The predicted molar refractivity (Wildman–Crippen MR) is 36.5 cm³/mol. The van der Waals surface area contributed by atoms with Gasteiger partial charge in [0.1, 0.15) is 6.10 Å². The average Bonchev–Trinajstić information content (AvgIpc) is 2.00. The molecule has 0 spiro atoms. The van der Waals surface area contributed by atoms with Crippen LogP contribution in [0.15, 0.2) is 0 Å². The highest BCUT2D eigenvalue weighted by atomic mass is 16.3. The molecule has 0 radical (unpaired) electrons. The van der Waals surface area contributed by atoms with Crippen LogP contribution in [0, 0.1) is 11.8 Å². The molecule has 3 aliphatic carbocycles. The Hall–Kier alpha value is -0.370. The van der Waals surface area contributed by atoms with E-state index in [-0.39, 0.29) is 11.7 Å². The Kier molecular flexibility index (Phi) is 1.31. The number of Topliss-reactive ketones (excluding diaryl/α,β-unsaturated/α-hetero) is 1. The lowest BCUT2D eigenvalue weighted by atomic mass is 9.68. The van der Waals surface area contributed by atoms with Crippen LogP contribution in [-0.4, -0.2) is 17.0 Å². The van der Waals surface area contributed by atoms with Gasteiger partial charge in [0.15, 0.2) is 5.78 Å². The molecule has 2 nitrogen and oxygen atoms in total. The van der Waals surface area contributed by atoms with Crippen LogP contribution in [0.1, 0.15) is 25.7 Å². The van der Waals surface area contributed by atoms with E-state index in [2.05, 4.69) is 0 Å². The lowest BCUT2D eigenvalue weighted by Crippen LogP contribution is -2.44. The Balaban J connectivity index is 2.20. The Bertz CT molecular complexity index is 153. The molecule has 3 fully saturated rings. The summed E-state index contributed by atoms with van der Waals surface area (Å²) in [6, 6.07) is 0. The van der Waals surface area contributed by atoms with Crippen molar-refractivity contribution in [2.75, 3.05) is 0 Å². The molecule has 1 N–H and O–H groups in total. The smallest absolute Gasteiger partial charge is 0.164 e. The Labute approximate surface area is 60.2 Å². The van der Waals surface area contributed by atoms with Crippen LogP contribution in [-0.2, 0) is 4.79 Å². The molecule has 0 aromatic heterocycles. The zero-order valence-corrected chi connectivity index (χ0v) is 5.92. The fourth-order valence-corrected chi connectivity index (χ4v) is 2.19. The van der Waals surface area contributed by atoms with Gasteiger partial charge in [-0.05, 0) is 31.6 Å². The highest BCUT2D eigenvalue weighted by Gasteiger charge is 2.41. The lowest BCUT2D eigenvalue weighted by molar-refractivity contribution is -0.142. The summed E-state index contributed by atoms with van der Waals surface area (Å²) in [6.07, 6.45) is 3.59. The van der Waals surface area contributed by atoms with E-state index in [0.29, 0.717) is 5.92 Å². The first-order valence-electron chi connectivity index (χ1n) is 4.01. The first-order valence-corrected chi connectivity index (χ1v) is 4.01. The van der Waals surface area contributed by atoms with Crippen LogP contribution >= 0.6 is 0 Å². The standard InChI is InChI=1S/C8H12O2/c9-7-5-1-2-6(4-3-5)8(7)10/h5-7,9H,1-4H2/t5?,6?,7-/m0/s1. The van der Waals surface area contributed by atoms with E-state index in [9.17, 15) is 9.90 Å². The summed E-state index contributed by atoms with van der Waals surface area (Å²) in [5.41, 5.74) is 0. The molecule has 3 aliphatic rings. The first-order chi connectivity index (χ1) is 4.79. The molecule has 3 rings (SSSR count). The summed E-state index contributed by atoms with van der Waals surface area (Å²) in [4.78, 5) is 11.1. The molecule has 0 heterocycles. The molecular weight excluding hydrogens is 128 g/mol. The number of carbonyl (C=O) groups excluding carboxylic acids is 1. The second-order valence-electron chi connectivity index (χ2n) is 3.46. The van der Waals surface area contributed by atoms with E-state index < -0.39 is 6.10 Å². The van der Waals surface area contributed by atoms with Crippen molar-refractivity contribution in [3.05, 3.63) is 0 Å². The highest BCUT2D eigenvalue weighted by molar-refractivity contribution is 5.87. The molecule has 3 saturated carbocycles. The third-order valence-electron chi connectivity index (χ3n) is 2.91. The maximum atomic E-state index is 11.1. The average molecular weight is 140 g/mol. The minimum atomic E-state index is -0.604. The number of aliphatic hydroxyl groups is 1. The Morgan fingerprint density at radius 2 is 1.80 bits per heavy atom. The van der Waals surface area contributed by atoms with Gasteiger partial charge in [0.2, 0.25) is 0 Å². The van der Waals surface area contributed by atoms with Crippen molar-refractivity contribution < 1.29 is 9.90 Å². The molecule has 0 aromatic rings. The van der Waals surface area contributed by atoms with Crippen molar-refractivity contribution in [3.63, 3.8) is 0 Å². The monoisotopic (exact) mass is 140 g/mol. The van der Waals surface area contributed by atoms with Gasteiger partial charge in [0.05, 0.1) is 0 Å². The third kappa shape index (κ3) is 0.717.